The fraction of sp³-hybridized carbons (Fsp3) is 0.167. The third-order valence-corrected chi connectivity index (χ3v) is 5.42. The Balaban J connectivity index is 1.96. The maximum Gasteiger partial charge on any atom is 0.270 e. The monoisotopic (exact) mass is 450 g/mol. The Bertz CT molecular complexity index is 888. The second-order valence-corrected chi connectivity index (χ2v) is 7.73. The maximum absolute atomic E-state index is 12.8. The molecule has 1 saturated heterocycles. The van der Waals surface area contributed by atoms with E-state index in [1.54, 1.807) is 37.7 Å². The summed E-state index contributed by atoms with van der Waals surface area (Å²) in [5.74, 6) is 1.06. The zero-order valence-electron chi connectivity index (χ0n) is 14.1. The third-order valence-electron chi connectivity index (χ3n) is 3.53. The molecule has 1 amide bonds. The number of ether oxygens (including phenoxy) is 2. The van der Waals surface area contributed by atoms with Crippen LogP contribution in [0.4, 0.5) is 5.69 Å². The van der Waals surface area contributed by atoms with Crippen LogP contribution >= 0.6 is 39.9 Å². The van der Waals surface area contributed by atoms with Crippen molar-refractivity contribution in [1.82, 2.24) is 4.98 Å². The number of amides is 1. The molecule has 1 aliphatic heterocycles. The number of benzene rings is 1. The Morgan fingerprint density at radius 2 is 2.23 bits per heavy atom. The number of methoxy groups -OCH3 is 1. The van der Waals surface area contributed by atoms with Crippen molar-refractivity contribution in [1.29, 1.82) is 0 Å². The van der Waals surface area contributed by atoms with E-state index in [1.807, 2.05) is 19.1 Å². The molecule has 1 fully saturated rings. The number of hydrogen-bond donors (Lipinski definition) is 0. The number of thiocarbonyl (C=S) groups is 1. The number of nitrogens with zero attached hydrogens (tertiary/aromatic N) is 2. The Kier molecular flexibility index (Phi) is 5.95. The van der Waals surface area contributed by atoms with Crippen molar-refractivity contribution in [3.8, 4) is 11.5 Å². The SMILES string of the molecule is CCOc1cc(/C=C2\SC(=S)N(c3cccnc3)C2=O)cc(Br)c1OC. The maximum atomic E-state index is 12.8. The molecule has 2 aromatic rings. The van der Waals surface area contributed by atoms with Crippen molar-refractivity contribution in [3.63, 3.8) is 0 Å². The van der Waals surface area contributed by atoms with Gasteiger partial charge in [0.25, 0.3) is 5.91 Å². The fourth-order valence-corrected chi connectivity index (χ4v) is 4.38. The number of carbonyl (C=O) groups is 1. The number of hydrogen-bond acceptors (Lipinski definition) is 6. The van der Waals surface area contributed by atoms with E-state index >= 15 is 0 Å². The van der Waals surface area contributed by atoms with Crippen LogP contribution in [-0.2, 0) is 4.79 Å². The molecule has 0 saturated carbocycles. The average molecular weight is 451 g/mol. The van der Waals surface area contributed by atoms with Crippen LogP contribution in [-0.4, -0.2) is 28.9 Å². The lowest BCUT2D eigenvalue weighted by Gasteiger charge is -2.13. The summed E-state index contributed by atoms with van der Waals surface area (Å²) >= 11 is 10.1. The molecular weight excluding hydrogens is 436 g/mol. The number of rotatable bonds is 5. The van der Waals surface area contributed by atoms with Crippen LogP contribution in [0.2, 0.25) is 0 Å². The first-order valence-corrected chi connectivity index (χ1v) is 9.75. The zero-order valence-corrected chi connectivity index (χ0v) is 17.3. The van der Waals surface area contributed by atoms with Gasteiger partial charge in [-0.1, -0.05) is 24.0 Å². The molecule has 134 valence electrons. The molecular formula is C18H15BrN2O3S2. The summed E-state index contributed by atoms with van der Waals surface area (Å²) in [4.78, 5) is 18.9. The highest BCUT2D eigenvalue weighted by atomic mass is 79.9. The first kappa shape index (κ1) is 18.9. The number of pyridine rings is 1. The van der Waals surface area contributed by atoms with E-state index in [1.165, 1.54) is 16.7 Å². The molecule has 0 radical (unpaired) electrons. The van der Waals surface area contributed by atoms with Gasteiger partial charge in [-0.2, -0.15) is 0 Å². The Hall–Kier alpha value is -1.90. The molecule has 26 heavy (non-hydrogen) atoms. The highest BCUT2D eigenvalue weighted by Gasteiger charge is 2.33. The second kappa shape index (κ2) is 8.20. The molecule has 0 atom stereocenters. The topological polar surface area (TPSA) is 51.7 Å². The molecule has 1 aromatic carbocycles. The molecule has 1 aliphatic rings. The minimum absolute atomic E-state index is 0.169. The van der Waals surface area contributed by atoms with Gasteiger partial charge in [-0.05, 0) is 58.8 Å². The van der Waals surface area contributed by atoms with Crippen molar-refractivity contribution in [2.75, 3.05) is 18.6 Å². The number of anilines is 1. The van der Waals surface area contributed by atoms with Crippen LogP contribution in [0.3, 0.4) is 0 Å². The van der Waals surface area contributed by atoms with Gasteiger partial charge < -0.3 is 9.47 Å². The van der Waals surface area contributed by atoms with Gasteiger partial charge in [0.05, 0.1) is 35.0 Å². The molecule has 0 unspecified atom stereocenters. The van der Waals surface area contributed by atoms with Gasteiger partial charge in [0.2, 0.25) is 0 Å². The summed E-state index contributed by atoms with van der Waals surface area (Å²) < 4.78 is 12.2. The second-order valence-electron chi connectivity index (χ2n) is 5.20. The third kappa shape index (κ3) is 3.77. The molecule has 0 spiro atoms. The normalized spacial score (nSPS) is 15.7. The van der Waals surface area contributed by atoms with E-state index in [4.69, 9.17) is 21.7 Å². The standard InChI is InChI=1S/C18H15BrN2O3S2/c1-3-24-14-8-11(7-13(19)16(14)23-2)9-15-17(22)21(18(25)26-15)12-5-4-6-20-10-12/h4-10H,3H2,1-2H3/b15-9-. The van der Waals surface area contributed by atoms with Gasteiger partial charge in [0, 0.05) is 6.20 Å². The first-order valence-electron chi connectivity index (χ1n) is 7.73. The van der Waals surface area contributed by atoms with Crippen LogP contribution in [0.25, 0.3) is 6.08 Å². The molecule has 0 N–H and O–H groups in total. The molecule has 5 nitrogen and oxygen atoms in total. The number of aromatic nitrogens is 1. The van der Waals surface area contributed by atoms with Crippen molar-refractivity contribution in [3.05, 3.63) is 51.6 Å². The molecule has 0 bridgehead atoms. The largest absolute Gasteiger partial charge is 0.492 e. The molecule has 1 aromatic heterocycles. The van der Waals surface area contributed by atoms with E-state index in [9.17, 15) is 4.79 Å². The lowest BCUT2D eigenvalue weighted by Crippen LogP contribution is -2.27. The summed E-state index contributed by atoms with van der Waals surface area (Å²) in [7, 11) is 1.58. The van der Waals surface area contributed by atoms with E-state index in [0.717, 1.165) is 10.0 Å². The van der Waals surface area contributed by atoms with E-state index < -0.39 is 0 Å². The Morgan fingerprint density at radius 1 is 1.42 bits per heavy atom. The lowest BCUT2D eigenvalue weighted by molar-refractivity contribution is -0.113. The predicted octanol–water partition coefficient (Wildman–Crippen LogP) is 4.66. The summed E-state index contributed by atoms with van der Waals surface area (Å²) in [5, 5.41) is 0. The van der Waals surface area contributed by atoms with E-state index in [-0.39, 0.29) is 5.91 Å². The summed E-state index contributed by atoms with van der Waals surface area (Å²) in [6.45, 7) is 2.41. The number of thioether (sulfide) groups is 1. The van der Waals surface area contributed by atoms with Crippen LogP contribution in [0.1, 0.15) is 12.5 Å². The Labute approximate surface area is 169 Å². The summed E-state index contributed by atoms with van der Waals surface area (Å²) in [6.07, 6.45) is 5.06. The summed E-state index contributed by atoms with van der Waals surface area (Å²) in [5.41, 5.74) is 1.47. The fourth-order valence-electron chi connectivity index (χ4n) is 2.46. The van der Waals surface area contributed by atoms with E-state index in [2.05, 4.69) is 20.9 Å². The van der Waals surface area contributed by atoms with Crippen LogP contribution in [0.15, 0.2) is 46.0 Å². The van der Waals surface area contributed by atoms with Crippen molar-refractivity contribution >= 4 is 61.9 Å². The lowest BCUT2D eigenvalue weighted by atomic mass is 10.2. The van der Waals surface area contributed by atoms with Crippen LogP contribution in [0, 0.1) is 0 Å². The van der Waals surface area contributed by atoms with Crippen molar-refractivity contribution < 1.29 is 14.3 Å². The van der Waals surface area contributed by atoms with Gasteiger partial charge in [-0.25, -0.2) is 0 Å². The number of carbonyl (C=O) groups excluding carboxylic acids is 1. The van der Waals surface area contributed by atoms with Gasteiger partial charge in [0.15, 0.2) is 15.8 Å². The highest BCUT2D eigenvalue weighted by molar-refractivity contribution is 9.10. The van der Waals surface area contributed by atoms with Crippen molar-refractivity contribution in [2.24, 2.45) is 0 Å². The summed E-state index contributed by atoms with van der Waals surface area (Å²) in [6, 6.07) is 7.28. The van der Waals surface area contributed by atoms with Crippen LogP contribution in [0.5, 0.6) is 11.5 Å². The van der Waals surface area contributed by atoms with Gasteiger partial charge in [0.1, 0.15) is 0 Å². The minimum Gasteiger partial charge on any atom is -0.492 e. The van der Waals surface area contributed by atoms with Crippen LogP contribution < -0.4 is 14.4 Å². The van der Waals surface area contributed by atoms with Crippen molar-refractivity contribution in [2.45, 2.75) is 6.92 Å². The zero-order chi connectivity index (χ0) is 18.7. The van der Waals surface area contributed by atoms with Gasteiger partial charge in [-0.3, -0.25) is 14.7 Å². The molecule has 2 heterocycles. The number of halogens is 1. The van der Waals surface area contributed by atoms with E-state index in [0.29, 0.717) is 33.0 Å². The molecule has 3 rings (SSSR count). The first-order chi connectivity index (χ1) is 12.5. The predicted molar refractivity (Wildman–Crippen MR) is 112 cm³/mol. The smallest absolute Gasteiger partial charge is 0.270 e. The molecule has 0 aliphatic carbocycles. The highest BCUT2D eigenvalue weighted by Crippen LogP contribution is 2.39. The quantitative estimate of drug-likeness (QED) is 0.487. The van der Waals surface area contributed by atoms with Gasteiger partial charge >= 0.3 is 0 Å². The minimum atomic E-state index is -0.169. The molecule has 8 heteroatoms. The van der Waals surface area contributed by atoms with Gasteiger partial charge in [-0.15, -0.1) is 0 Å². The average Bonchev–Trinajstić information content (AvgIpc) is 2.89. The Morgan fingerprint density at radius 3 is 2.88 bits per heavy atom.